The molecular formula is C16H17ClO. The molecule has 0 heterocycles. The maximum Gasteiger partial charge on any atom is 0.125 e. The predicted octanol–water partition coefficient (Wildman–Crippen LogP) is 5.18. The Labute approximate surface area is 113 Å². The molecule has 2 heteroatoms. The third kappa shape index (κ3) is 2.85. The maximum atomic E-state index is 6.22. The van der Waals surface area contributed by atoms with E-state index >= 15 is 0 Å². The zero-order chi connectivity index (χ0) is 13.0. The monoisotopic (exact) mass is 260 g/mol. The Bertz CT molecular complexity index is 522. The summed E-state index contributed by atoms with van der Waals surface area (Å²) in [6.07, 6.45) is 0.887. The van der Waals surface area contributed by atoms with Gasteiger partial charge in [-0.15, -0.1) is 0 Å². The number of rotatable bonds is 4. The van der Waals surface area contributed by atoms with Crippen LogP contribution in [0.2, 0.25) is 5.02 Å². The van der Waals surface area contributed by atoms with Crippen LogP contribution in [0.4, 0.5) is 0 Å². The molecule has 0 aliphatic rings. The minimum atomic E-state index is -0.000185. The number of halogens is 1. The van der Waals surface area contributed by atoms with Crippen LogP contribution in [0.15, 0.2) is 48.5 Å². The summed E-state index contributed by atoms with van der Waals surface area (Å²) in [5.41, 5.74) is 2.19. The molecule has 1 unspecified atom stereocenters. The van der Waals surface area contributed by atoms with E-state index < -0.39 is 0 Å². The van der Waals surface area contributed by atoms with Crippen LogP contribution in [0.5, 0.6) is 5.75 Å². The average molecular weight is 261 g/mol. The summed E-state index contributed by atoms with van der Waals surface area (Å²) in [6, 6.07) is 15.9. The van der Waals surface area contributed by atoms with E-state index in [2.05, 4.69) is 19.9 Å². The zero-order valence-corrected chi connectivity index (χ0v) is 11.4. The van der Waals surface area contributed by atoms with Crippen molar-refractivity contribution in [3.05, 3.63) is 64.7 Å². The van der Waals surface area contributed by atoms with Crippen LogP contribution >= 0.6 is 11.6 Å². The van der Waals surface area contributed by atoms with Gasteiger partial charge in [0.1, 0.15) is 11.9 Å². The fourth-order valence-electron chi connectivity index (χ4n) is 1.94. The molecule has 1 atom stereocenters. The van der Waals surface area contributed by atoms with Crippen LogP contribution in [0.3, 0.4) is 0 Å². The zero-order valence-electron chi connectivity index (χ0n) is 10.7. The van der Waals surface area contributed by atoms with Crippen molar-refractivity contribution in [1.82, 2.24) is 0 Å². The van der Waals surface area contributed by atoms with Gasteiger partial charge in [-0.3, -0.25) is 0 Å². The highest BCUT2D eigenvalue weighted by atomic mass is 35.5. The second-order valence-electron chi connectivity index (χ2n) is 4.30. The molecule has 0 aromatic heterocycles. The van der Waals surface area contributed by atoms with Crippen LogP contribution in [0, 0.1) is 6.92 Å². The lowest BCUT2D eigenvalue weighted by atomic mass is 10.1. The van der Waals surface area contributed by atoms with E-state index in [4.69, 9.17) is 16.3 Å². The molecular weight excluding hydrogens is 244 g/mol. The first-order valence-corrected chi connectivity index (χ1v) is 6.57. The van der Waals surface area contributed by atoms with Crippen LogP contribution < -0.4 is 4.74 Å². The normalized spacial score (nSPS) is 12.2. The van der Waals surface area contributed by atoms with E-state index in [1.807, 2.05) is 42.5 Å². The van der Waals surface area contributed by atoms with Crippen molar-refractivity contribution in [2.24, 2.45) is 0 Å². The van der Waals surface area contributed by atoms with Gasteiger partial charge in [0, 0.05) is 10.6 Å². The van der Waals surface area contributed by atoms with Gasteiger partial charge in [0.25, 0.3) is 0 Å². The maximum absolute atomic E-state index is 6.22. The van der Waals surface area contributed by atoms with Crippen molar-refractivity contribution < 1.29 is 4.74 Å². The molecule has 1 nitrogen and oxygen atoms in total. The van der Waals surface area contributed by atoms with E-state index in [9.17, 15) is 0 Å². The summed E-state index contributed by atoms with van der Waals surface area (Å²) >= 11 is 6.22. The minimum absolute atomic E-state index is 0.000185. The fourth-order valence-corrected chi connectivity index (χ4v) is 2.20. The van der Waals surface area contributed by atoms with Crippen molar-refractivity contribution in [2.45, 2.75) is 26.4 Å². The Hall–Kier alpha value is -1.47. The Morgan fingerprint density at radius 2 is 1.72 bits per heavy atom. The molecule has 94 valence electrons. The summed E-state index contributed by atoms with van der Waals surface area (Å²) in [7, 11) is 0. The number of aryl methyl sites for hydroxylation is 1. The number of para-hydroxylation sites is 1. The average Bonchev–Trinajstić information content (AvgIpc) is 2.39. The molecule has 2 rings (SSSR count). The third-order valence-corrected chi connectivity index (χ3v) is 3.33. The summed E-state index contributed by atoms with van der Waals surface area (Å²) in [5.74, 6) is 0.921. The van der Waals surface area contributed by atoms with Crippen LogP contribution in [0.1, 0.15) is 30.6 Å². The standard InChI is InChI=1S/C16H17ClO/c1-3-15(13-9-5-6-10-14(13)17)18-16-11-7-4-8-12(16)2/h4-11,15H,3H2,1-2H3. The molecule has 18 heavy (non-hydrogen) atoms. The number of benzene rings is 2. The SMILES string of the molecule is CCC(Oc1ccccc1C)c1ccccc1Cl. The van der Waals surface area contributed by atoms with Crippen molar-refractivity contribution >= 4 is 11.6 Å². The molecule has 0 aliphatic carbocycles. The molecule has 0 saturated heterocycles. The lowest BCUT2D eigenvalue weighted by molar-refractivity contribution is 0.200. The van der Waals surface area contributed by atoms with Crippen molar-refractivity contribution in [3.8, 4) is 5.75 Å². The molecule has 2 aromatic carbocycles. The van der Waals surface area contributed by atoms with Gasteiger partial charge in [0.15, 0.2) is 0 Å². The molecule has 0 spiro atoms. The molecule has 0 N–H and O–H groups in total. The summed E-state index contributed by atoms with van der Waals surface area (Å²) in [5, 5.41) is 0.762. The van der Waals surface area contributed by atoms with Gasteiger partial charge in [-0.2, -0.15) is 0 Å². The number of hydrogen-bond acceptors (Lipinski definition) is 1. The molecule has 2 aromatic rings. The number of ether oxygens (including phenoxy) is 1. The fraction of sp³-hybridized carbons (Fsp3) is 0.250. The molecule has 0 aliphatic heterocycles. The Kier molecular flexibility index (Phi) is 4.27. The van der Waals surface area contributed by atoms with E-state index in [0.717, 1.165) is 28.3 Å². The lowest BCUT2D eigenvalue weighted by Gasteiger charge is -2.20. The van der Waals surface area contributed by atoms with E-state index in [1.165, 1.54) is 0 Å². The van der Waals surface area contributed by atoms with Crippen molar-refractivity contribution in [1.29, 1.82) is 0 Å². The topological polar surface area (TPSA) is 9.23 Å². The Balaban J connectivity index is 2.26. The molecule has 0 bridgehead atoms. The van der Waals surface area contributed by atoms with Gasteiger partial charge in [0.05, 0.1) is 0 Å². The highest BCUT2D eigenvalue weighted by molar-refractivity contribution is 6.31. The lowest BCUT2D eigenvalue weighted by Crippen LogP contribution is -2.07. The first kappa shape index (κ1) is 13.0. The Morgan fingerprint density at radius 3 is 2.39 bits per heavy atom. The molecule has 0 amide bonds. The second-order valence-corrected chi connectivity index (χ2v) is 4.71. The summed E-state index contributed by atoms with van der Waals surface area (Å²) < 4.78 is 6.08. The third-order valence-electron chi connectivity index (χ3n) is 2.99. The largest absolute Gasteiger partial charge is 0.485 e. The second kappa shape index (κ2) is 5.92. The summed E-state index contributed by atoms with van der Waals surface area (Å²) in [6.45, 7) is 4.15. The van der Waals surface area contributed by atoms with Gasteiger partial charge in [0.2, 0.25) is 0 Å². The van der Waals surface area contributed by atoms with Crippen LogP contribution in [-0.4, -0.2) is 0 Å². The first-order chi connectivity index (χ1) is 8.72. The van der Waals surface area contributed by atoms with Crippen molar-refractivity contribution in [2.75, 3.05) is 0 Å². The van der Waals surface area contributed by atoms with E-state index in [0.29, 0.717) is 0 Å². The first-order valence-electron chi connectivity index (χ1n) is 6.19. The van der Waals surface area contributed by atoms with Crippen LogP contribution in [0.25, 0.3) is 0 Å². The quantitative estimate of drug-likeness (QED) is 0.736. The van der Waals surface area contributed by atoms with Gasteiger partial charge < -0.3 is 4.74 Å². The molecule has 0 fully saturated rings. The highest BCUT2D eigenvalue weighted by Crippen LogP contribution is 2.30. The highest BCUT2D eigenvalue weighted by Gasteiger charge is 2.14. The van der Waals surface area contributed by atoms with Gasteiger partial charge in [-0.05, 0) is 31.0 Å². The van der Waals surface area contributed by atoms with Gasteiger partial charge in [-0.1, -0.05) is 54.9 Å². The molecule has 0 saturated carbocycles. The minimum Gasteiger partial charge on any atom is -0.485 e. The van der Waals surface area contributed by atoms with Gasteiger partial charge in [-0.25, -0.2) is 0 Å². The van der Waals surface area contributed by atoms with Crippen molar-refractivity contribution in [3.63, 3.8) is 0 Å². The Morgan fingerprint density at radius 1 is 1.06 bits per heavy atom. The summed E-state index contributed by atoms with van der Waals surface area (Å²) in [4.78, 5) is 0. The van der Waals surface area contributed by atoms with E-state index in [1.54, 1.807) is 0 Å². The predicted molar refractivity (Wildman–Crippen MR) is 76.3 cm³/mol. The molecule has 0 radical (unpaired) electrons. The number of hydrogen-bond donors (Lipinski definition) is 0. The van der Waals surface area contributed by atoms with Crippen LogP contribution in [-0.2, 0) is 0 Å². The van der Waals surface area contributed by atoms with E-state index in [-0.39, 0.29) is 6.10 Å². The van der Waals surface area contributed by atoms with Gasteiger partial charge >= 0.3 is 0 Å². The smallest absolute Gasteiger partial charge is 0.125 e.